The van der Waals surface area contributed by atoms with Crippen molar-refractivity contribution in [3.05, 3.63) is 0 Å². The lowest BCUT2D eigenvalue weighted by Gasteiger charge is -2.27. The maximum Gasteiger partial charge on any atom is 0.0235 e. The van der Waals surface area contributed by atoms with Gasteiger partial charge in [0, 0.05) is 12.6 Å². The number of hydrogen-bond donors (Lipinski definition) is 1. The SMILES string of the molecule is CCN(CC)C1CCN(CCCC(C)(C)CN)C1. The van der Waals surface area contributed by atoms with Gasteiger partial charge < -0.3 is 10.6 Å². The number of hydrogen-bond acceptors (Lipinski definition) is 3. The monoisotopic (exact) mass is 255 g/mol. The average molecular weight is 255 g/mol. The molecular formula is C15H33N3. The molecule has 0 bridgehead atoms. The molecule has 108 valence electrons. The van der Waals surface area contributed by atoms with Crippen LogP contribution in [0.3, 0.4) is 0 Å². The van der Waals surface area contributed by atoms with Crippen molar-refractivity contribution in [2.45, 2.75) is 53.0 Å². The summed E-state index contributed by atoms with van der Waals surface area (Å²) in [6.07, 6.45) is 3.88. The van der Waals surface area contributed by atoms with Crippen LogP contribution in [0.5, 0.6) is 0 Å². The van der Waals surface area contributed by atoms with Gasteiger partial charge in [-0.05, 0) is 57.4 Å². The molecule has 0 amide bonds. The summed E-state index contributed by atoms with van der Waals surface area (Å²) in [5.41, 5.74) is 6.10. The number of nitrogens with two attached hydrogens (primary N) is 1. The summed E-state index contributed by atoms with van der Waals surface area (Å²) in [6.45, 7) is 16.1. The van der Waals surface area contributed by atoms with Crippen LogP contribution in [0.25, 0.3) is 0 Å². The van der Waals surface area contributed by atoms with Crippen LogP contribution in [-0.4, -0.2) is 55.1 Å². The highest BCUT2D eigenvalue weighted by molar-refractivity contribution is 4.83. The topological polar surface area (TPSA) is 32.5 Å². The van der Waals surface area contributed by atoms with E-state index in [9.17, 15) is 0 Å². The van der Waals surface area contributed by atoms with E-state index < -0.39 is 0 Å². The molecule has 0 aromatic carbocycles. The summed E-state index contributed by atoms with van der Waals surface area (Å²) >= 11 is 0. The van der Waals surface area contributed by atoms with E-state index in [-0.39, 0.29) is 0 Å². The molecule has 1 unspecified atom stereocenters. The van der Waals surface area contributed by atoms with Crippen LogP contribution < -0.4 is 5.73 Å². The minimum Gasteiger partial charge on any atom is -0.330 e. The molecule has 0 aromatic rings. The molecule has 1 atom stereocenters. The largest absolute Gasteiger partial charge is 0.330 e. The predicted octanol–water partition coefficient (Wildman–Crippen LogP) is 2.17. The van der Waals surface area contributed by atoms with E-state index in [0.717, 1.165) is 12.6 Å². The van der Waals surface area contributed by atoms with E-state index >= 15 is 0 Å². The lowest BCUT2D eigenvalue weighted by molar-refractivity contribution is 0.206. The third-order valence-corrected chi connectivity index (χ3v) is 4.46. The second-order valence-corrected chi connectivity index (χ2v) is 6.44. The minimum absolute atomic E-state index is 0.317. The van der Waals surface area contributed by atoms with Crippen molar-refractivity contribution in [3.8, 4) is 0 Å². The van der Waals surface area contributed by atoms with Gasteiger partial charge in [0.2, 0.25) is 0 Å². The smallest absolute Gasteiger partial charge is 0.0235 e. The van der Waals surface area contributed by atoms with Crippen LogP contribution in [0.2, 0.25) is 0 Å². The summed E-state index contributed by atoms with van der Waals surface area (Å²) in [7, 11) is 0. The quantitative estimate of drug-likeness (QED) is 0.721. The maximum absolute atomic E-state index is 5.78. The molecule has 1 rings (SSSR count). The normalized spacial score (nSPS) is 22.0. The fourth-order valence-electron chi connectivity index (χ4n) is 2.94. The molecule has 0 aliphatic carbocycles. The fraction of sp³-hybridized carbons (Fsp3) is 1.00. The zero-order valence-electron chi connectivity index (χ0n) is 12.9. The first-order valence-corrected chi connectivity index (χ1v) is 7.69. The molecule has 1 aliphatic rings. The second-order valence-electron chi connectivity index (χ2n) is 6.44. The Morgan fingerprint density at radius 2 is 1.94 bits per heavy atom. The Kier molecular flexibility index (Phi) is 6.61. The first-order valence-electron chi connectivity index (χ1n) is 7.69. The lowest BCUT2D eigenvalue weighted by atomic mass is 9.88. The summed E-state index contributed by atoms with van der Waals surface area (Å²) < 4.78 is 0. The first-order chi connectivity index (χ1) is 8.52. The van der Waals surface area contributed by atoms with Crippen LogP contribution in [0.1, 0.15) is 47.0 Å². The van der Waals surface area contributed by atoms with Gasteiger partial charge in [0.05, 0.1) is 0 Å². The molecule has 1 heterocycles. The van der Waals surface area contributed by atoms with Gasteiger partial charge in [-0.3, -0.25) is 4.90 Å². The Bertz CT molecular complexity index is 224. The van der Waals surface area contributed by atoms with Crippen molar-refractivity contribution >= 4 is 0 Å². The number of likely N-dealkylation sites (tertiary alicyclic amines) is 1. The standard InChI is InChI=1S/C15H33N3/c1-5-18(6-2)14-8-11-17(12-14)10-7-9-15(3,4)13-16/h14H,5-13,16H2,1-4H3. The summed E-state index contributed by atoms with van der Waals surface area (Å²) in [5, 5.41) is 0. The molecule has 1 aliphatic heterocycles. The van der Waals surface area contributed by atoms with Gasteiger partial charge in [-0.1, -0.05) is 27.7 Å². The first kappa shape index (κ1) is 15.9. The predicted molar refractivity (Wildman–Crippen MR) is 79.8 cm³/mol. The van der Waals surface area contributed by atoms with Crippen molar-refractivity contribution in [1.82, 2.24) is 9.80 Å². The zero-order valence-corrected chi connectivity index (χ0v) is 12.9. The van der Waals surface area contributed by atoms with E-state index in [2.05, 4.69) is 37.5 Å². The fourth-order valence-corrected chi connectivity index (χ4v) is 2.94. The van der Waals surface area contributed by atoms with Gasteiger partial charge in [-0.2, -0.15) is 0 Å². The molecule has 0 radical (unpaired) electrons. The third kappa shape index (κ3) is 4.87. The van der Waals surface area contributed by atoms with Gasteiger partial charge >= 0.3 is 0 Å². The molecule has 0 spiro atoms. The zero-order chi connectivity index (χ0) is 13.6. The van der Waals surface area contributed by atoms with E-state index in [1.165, 1.54) is 52.0 Å². The molecule has 1 fully saturated rings. The highest BCUT2D eigenvalue weighted by Gasteiger charge is 2.26. The highest BCUT2D eigenvalue weighted by atomic mass is 15.2. The molecule has 0 saturated carbocycles. The summed E-state index contributed by atoms with van der Waals surface area (Å²) in [4.78, 5) is 5.24. The Morgan fingerprint density at radius 3 is 2.50 bits per heavy atom. The van der Waals surface area contributed by atoms with Gasteiger partial charge in [0.15, 0.2) is 0 Å². The van der Waals surface area contributed by atoms with Gasteiger partial charge in [0.1, 0.15) is 0 Å². The van der Waals surface area contributed by atoms with Crippen molar-refractivity contribution in [3.63, 3.8) is 0 Å². The van der Waals surface area contributed by atoms with Gasteiger partial charge in [0.25, 0.3) is 0 Å². The van der Waals surface area contributed by atoms with Crippen LogP contribution in [-0.2, 0) is 0 Å². The van der Waals surface area contributed by atoms with E-state index in [0.29, 0.717) is 5.41 Å². The molecule has 18 heavy (non-hydrogen) atoms. The van der Waals surface area contributed by atoms with Crippen LogP contribution in [0, 0.1) is 5.41 Å². The Hall–Kier alpha value is -0.120. The van der Waals surface area contributed by atoms with Crippen molar-refractivity contribution in [2.75, 3.05) is 39.3 Å². The van der Waals surface area contributed by atoms with Crippen molar-refractivity contribution in [1.29, 1.82) is 0 Å². The molecular weight excluding hydrogens is 222 g/mol. The van der Waals surface area contributed by atoms with Crippen LogP contribution in [0.15, 0.2) is 0 Å². The highest BCUT2D eigenvalue weighted by Crippen LogP contribution is 2.22. The van der Waals surface area contributed by atoms with Crippen LogP contribution >= 0.6 is 0 Å². The second kappa shape index (κ2) is 7.46. The molecule has 1 saturated heterocycles. The molecule has 3 heteroatoms. The van der Waals surface area contributed by atoms with Gasteiger partial charge in [-0.25, -0.2) is 0 Å². The Balaban J connectivity index is 2.22. The average Bonchev–Trinajstić information content (AvgIpc) is 2.79. The van der Waals surface area contributed by atoms with Gasteiger partial charge in [-0.15, -0.1) is 0 Å². The minimum atomic E-state index is 0.317. The number of rotatable bonds is 8. The van der Waals surface area contributed by atoms with Crippen molar-refractivity contribution < 1.29 is 0 Å². The maximum atomic E-state index is 5.78. The summed E-state index contributed by atoms with van der Waals surface area (Å²) in [6, 6.07) is 0.794. The molecule has 0 aromatic heterocycles. The molecule has 3 nitrogen and oxygen atoms in total. The number of likely N-dealkylation sites (N-methyl/N-ethyl adjacent to an activating group) is 1. The Morgan fingerprint density at radius 1 is 1.28 bits per heavy atom. The van der Waals surface area contributed by atoms with E-state index in [1.807, 2.05) is 0 Å². The molecule has 2 N–H and O–H groups in total. The summed E-state index contributed by atoms with van der Waals surface area (Å²) in [5.74, 6) is 0. The van der Waals surface area contributed by atoms with E-state index in [4.69, 9.17) is 5.73 Å². The van der Waals surface area contributed by atoms with E-state index in [1.54, 1.807) is 0 Å². The third-order valence-electron chi connectivity index (χ3n) is 4.46. The Labute approximate surface area is 114 Å². The number of nitrogens with zero attached hydrogens (tertiary/aromatic N) is 2. The van der Waals surface area contributed by atoms with Crippen LogP contribution in [0.4, 0.5) is 0 Å². The lowest BCUT2D eigenvalue weighted by Crippen LogP contribution is -2.37. The van der Waals surface area contributed by atoms with Crippen molar-refractivity contribution in [2.24, 2.45) is 11.1 Å².